The summed E-state index contributed by atoms with van der Waals surface area (Å²) in [6.07, 6.45) is -0.0857. The molecule has 0 fully saturated rings. The molecule has 1 heterocycles. The minimum absolute atomic E-state index is 0.179. The quantitative estimate of drug-likeness (QED) is 0.774. The molecular weight excluding hydrogens is 306 g/mol. The van der Waals surface area contributed by atoms with E-state index >= 15 is 0 Å². The molecule has 1 aliphatic rings. The Morgan fingerprint density at radius 1 is 1.42 bits per heavy atom. The van der Waals surface area contributed by atoms with Crippen LogP contribution in [0, 0.1) is 5.41 Å². The average Bonchev–Trinajstić information content (AvgIpc) is 2.28. The molecule has 3 nitrogen and oxygen atoms in total. The molecule has 1 aromatic rings. The number of hydrogen-bond donors (Lipinski definition) is 1. The molecule has 1 aliphatic heterocycles. The predicted octanol–water partition coefficient (Wildman–Crippen LogP) is 4.25. The van der Waals surface area contributed by atoms with Gasteiger partial charge in [0.25, 0.3) is 0 Å². The molecule has 0 bridgehead atoms. The van der Waals surface area contributed by atoms with Crippen molar-refractivity contribution >= 4 is 22.0 Å². The first-order valence-electron chi connectivity index (χ1n) is 6.48. The van der Waals surface area contributed by atoms with Crippen molar-refractivity contribution in [1.82, 2.24) is 4.90 Å². The fourth-order valence-electron chi connectivity index (χ4n) is 2.96. The second-order valence-corrected chi connectivity index (χ2v) is 7.13. The van der Waals surface area contributed by atoms with Gasteiger partial charge in [-0.2, -0.15) is 0 Å². The topological polar surface area (TPSA) is 40.5 Å². The third-order valence-electron chi connectivity index (χ3n) is 4.46. The molecule has 1 atom stereocenters. The molecule has 104 valence electrons. The van der Waals surface area contributed by atoms with Crippen molar-refractivity contribution < 1.29 is 9.90 Å². The fourth-order valence-corrected chi connectivity index (χ4v) is 3.52. The van der Waals surface area contributed by atoms with Crippen LogP contribution in [0.3, 0.4) is 0 Å². The molecule has 2 rings (SSSR count). The fraction of sp³-hybridized carbons (Fsp3) is 0.533. The zero-order valence-electron chi connectivity index (χ0n) is 11.8. The summed E-state index contributed by atoms with van der Waals surface area (Å²) in [5.41, 5.74) is 1.65. The lowest BCUT2D eigenvalue weighted by atomic mass is 9.66. The van der Waals surface area contributed by atoms with Crippen molar-refractivity contribution in [1.29, 1.82) is 0 Å². The lowest BCUT2D eigenvalue weighted by molar-refractivity contribution is 0.00362. The van der Waals surface area contributed by atoms with E-state index in [0.29, 0.717) is 6.54 Å². The Balaban J connectivity index is 2.71. The monoisotopic (exact) mass is 325 g/mol. The number of hydrogen-bond acceptors (Lipinski definition) is 1. The second kappa shape index (κ2) is 4.51. The highest BCUT2D eigenvalue weighted by molar-refractivity contribution is 9.10. The number of carboxylic acid groups (broad SMARTS) is 1. The van der Waals surface area contributed by atoms with Crippen molar-refractivity contribution in [3.05, 3.63) is 33.8 Å². The summed E-state index contributed by atoms with van der Waals surface area (Å²) in [6.45, 7) is 8.86. The summed E-state index contributed by atoms with van der Waals surface area (Å²) in [7, 11) is 0. The van der Waals surface area contributed by atoms with Gasteiger partial charge in [-0.05, 0) is 36.0 Å². The first kappa shape index (κ1) is 14.4. The van der Waals surface area contributed by atoms with Gasteiger partial charge in [-0.25, -0.2) is 4.79 Å². The van der Waals surface area contributed by atoms with Crippen LogP contribution in [0.2, 0.25) is 0 Å². The van der Waals surface area contributed by atoms with Gasteiger partial charge in [-0.1, -0.05) is 48.8 Å². The molecule has 1 N–H and O–H groups in total. The van der Waals surface area contributed by atoms with Crippen LogP contribution in [0.4, 0.5) is 4.79 Å². The number of benzene rings is 1. The normalized spacial score (nSPS) is 23.1. The second-order valence-electron chi connectivity index (χ2n) is 6.27. The van der Waals surface area contributed by atoms with Gasteiger partial charge in [0.05, 0.1) is 5.54 Å². The van der Waals surface area contributed by atoms with E-state index in [9.17, 15) is 9.90 Å². The van der Waals surface area contributed by atoms with Gasteiger partial charge in [0, 0.05) is 11.0 Å². The maximum atomic E-state index is 11.6. The van der Waals surface area contributed by atoms with Gasteiger partial charge < -0.3 is 5.11 Å². The molecular formula is C15H20BrNO2. The Labute approximate surface area is 122 Å². The third-order valence-corrected chi connectivity index (χ3v) is 5.20. The molecule has 0 aromatic heterocycles. The van der Waals surface area contributed by atoms with E-state index in [1.165, 1.54) is 5.56 Å². The van der Waals surface area contributed by atoms with Crippen molar-refractivity contribution in [3.63, 3.8) is 0 Å². The number of carbonyl (C=O) groups is 1. The van der Waals surface area contributed by atoms with Crippen LogP contribution in [-0.4, -0.2) is 22.6 Å². The maximum absolute atomic E-state index is 11.6. The molecule has 1 unspecified atom stereocenters. The van der Waals surface area contributed by atoms with Crippen LogP contribution in [0.5, 0.6) is 0 Å². The van der Waals surface area contributed by atoms with Crippen molar-refractivity contribution in [2.75, 3.05) is 6.54 Å². The van der Waals surface area contributed by atoms with Gasteiger partial charge >= 0.3 is 6.09 Å². The Kier molecular flexibility index (Phi) is 3.42. The predicted molar refractivity (Wildman–Crippen MR) is 79.4 cm³/mol. The van der Waals surface area contributed by atoms with Crippen LogP contribution in [0.15, 0.2) is 22.7 Å². The smallest absolute Gasteiger partial charge is 0.408 e. The number of halogens is 1. The van der Waals surface area contributed by atoms with Crippen LogP contribution in [0.25, 0.3) is 0 Å². The van der Waals surface area contributed by atoms with Gasteiger partial charge in [0.2, 0.25) is 0 Å². The van der Waals surface area contributed by atoms with E-state index in [4.69, 9.17) is 0 Å². The highest BCUT2D eigenvalue weighted by Gasteiger charge is 2.49. The van der Waals surface area contributed by atoms with Gasteiger partial charge in [-0.3, -0.25) is 4.90 Å². The van der Waals surface area contributed by atoms with Crippen LogP contribution < -0.4 is 0 Å². The zero-order chi connectivity index (χ0) is 14.4. The Morgan fingerprint density at radius 2 is 2.05 bits per heavy atom. The zero-order valence-corrected chi connectivity index (χ0v) is 13.4. The van der Waals surface area contributed by atoms with E-state index in [1.54, 1.807) is 4.90 Å². The lowest BCUT2D eigenvalue weighted by Gasteiger charge is -2.52. The first-order chi connectivity index (χ1) is 8.69. The highest BCUT2D eigenvalue weighted by Crippen LogP contribution is 2.48. The van der Waals surface area contributed by atoms with E-state index in [-0.39, 0.29) is 5.41 Å². The minimum atomic E-state index is -0.844. The molecule has 0 aliphatic carbocycles. The Morgan fingerprint density at radius 3 is 2.58 bits per heavy atom. The molecule has 1 amide bonds. The molecule has 4 heteroatoms. The first-order valence-corrected chi connectivity index (χ1v) is 7.27. The van der Waals surface area contributed by atoms with E-state index < -0.39 is 11.6 Å². The summed E-state index contributed by atoms with van der Waals surface area (Å²) in [5.74, 6) is 0. The van der Waals surface area contributed by atoms with Crippen molar-refractivity contribution in [3.8, 4) is 0 Å². The number of rotatable bonds is 0. The molecule has 1 aromatic carbocycles. The number of amides is 1. The van der Waals surface area contributed by atoms with Gasteiger partial charge in [0.15, 0.2) is 0 Å². The largest absolute Gasteiger partial charge is 0.465 e. The minimum Gasteiger partial charge on any atom is -0.465 e. The summed E-state index contributed by atoms with van der Waals surface area (Å²) in [5, 5.41) is 9.55. The maximum Gasteiger partial charge on any atom is 0.408 e. The van der Waals surface area contributed by atoms with Crippen LogP contribution >= 0.6 is 15.9 Å². The summed E-state index contributed by atoms with van der Waals surface area (Å²) in [4.78, 5) is 13.2. The highest BCUT2D eigenvalue weighted by atomic mass is 79.9. The summed E-state index contributed by atoms with van der Waals surface area (Å²) >= 11 is 3.59. The van der Waals surface area contributed by atoms with E-state index in [0.717, 1.165) is 16.5 Å². The molecule has 19 heavy (non-hydrogen) atoms. The van der Waals surface area contributed by atoms with Crippen LogP contribution in [0.1, 0.15) is 38.8 Å². The van der Waals surface area contributed by atoms with Crippen LogP contribution in [-0.2, 0) is 12.0 Å². The standard InChI is InChI=1S/C15H20BrNO2/c1-14(2,3)15(4)11-6-5-7-12(16)10(11)8-9-17(15)13(18)19/h5-7H,8-9H2,1-4H3,(H,18,19). The van der Waals surface area contributed by atoms with Gasteiger partial charge in [-0.15, -0.1) is 0 Å². The number of fused-ring (bicyclic) bond motifs is 1. The lowest BCUT2D eigenvalue weighted by Crippen LogP contribution is -2.57. The Bertz CT molecular complexity index is 521. The summed E-state index contributed by atoms with van der Waals surface area (Å²) in [6, 6.07) is 6.07. The summed E-state index contributed by atoms with van der Waals surface area (Å²) < 4.78 is 1.07. The van der Waals surface area contributed by atoms with E-state index in [1.807, 2.05) is 19.1 Å². The third kappa shape index (κ3) is 2.06. The average molecular weight is 326 g/mol. The van der Waals surface area contributed by atoms with E-state index in [2.05, 4.69) is 42.8 Å². The molecule has 0 saturated heterocycles. The number of nitrogens with zero attached hydrogens (tertiary/aromatic N) is 1. The Hall–Kier alpha value is -1.03. The molecule has 0 radical (unpaired) electrons. The molecule has 0 saturated carbocycles. The molecule has 0 spiro atoms. The SMILES string of the molecule is CC(C)(C)C1(C)c2cccc(Br)c2CCN1C(=O)O. The van der Waals surface area contributed by atoms with Crippen molar-refractivity contribution in [2.45, 2.75) is 39.7 Å². The van der Waals surface area contributed by atoms with Gasteiger partial charge in [0.1, 0.15) is 0 Å². The van der Waals surface area contributed by atoms with Crippen molar-refractivity contribution in [2.24, 2.45) is 5.41 Å².